The van der Waals surface area contributed by atoms with Gasteiger partial charge in [0.25, 0.3) is 0 Å². The monoisotopic (exact) mass is 277 g/mol. The fraction of sp³-hybridized carbons (Fsp3) is 0.267. The molecule has 1 aromatic carbocycles. The lowest BCUT2D eigenvalue weighted by atomic mass is 10.1. The van der Waals surface area contributed by atoms with E-state index in [4.69, 9.17) is 0 Å². The molecule has 0 saturated carbocycles. The van der Waals surface area contributed by atoms with Crippen LogP contribution in [0.25, 0.3) is 0 Å². The summed E-state index contributed by atoms with van der Waals surface area (Å²) in [4.78, 5) is 15.4. The Kier molecular flexibility index (Phi) is 4.82. The summed E-state index contributed by atoms with van der Waals surface area (Å²) in [5.41, 5.74) is 0.435. The van der Waals surface area contributed by atoms with E-state index in [9.17, 15) is 9.18 Å². The van der Waals surface area contributed by atoms with Gasteiger partial charge in [-0.3, -0.25) is 9.69 Å². The zero-order chi connectivity index (χ0) is 13.7. The minimum atomic E-state index is -0.368. The van der Waals surface area contributed by atoms with Gasteiger partial charge >= 0.3 is 0 Å². The van der Waals surface area contributed by atoms with E-state index in [1.165, 1.54) is 17.0 Å². The van der Waals surface area contributed by atoms with E-state index < -0.39 is 0 Å². The number of halogens is 1. The summed E-state index contributed by atoms with van der Waals surface area (Å²) >= 11 is 1.68. The molecular formula is C15H16FNOS. The van der Waals surface area contributed by atoms with Crippen LogP contribution in [-0.2, 0) is 6.54 Å². The summed E-state index contributed by atoms with van der Waals surface area (Å²) in [5.74, 6) is -0.412. The van der Waals surface area contributed by atoms with E-state index in [0.717, 1.165) is 13.1 Å². The van der Waals surface area contributed by atoms with Gasteiger partial charge < -0.3 is 0 Å². The highest BCUT2D eigenvalue weighted by Gasteiger charge is 2.12. The first-order valence-corrected chi connectivity index (χ1v) is 7.10. The number of rotatable bonds is 6. The molecule has 1 aromatic heterocycles. The first kappa shape index (κ1) is 13.9. The summed E-state index contributed by atoms with van der Waals surface area (Å²) < 4.78 is 13.1. The zero-order valence-corrected chi connectivity index (χ0v) is 11.6. The second-order valence-electron chi connectivity index (χ2n) is 4.32. The van der Waals surface area contributed by atoms with Crippen molar-refractivity contribution in [2.75, 3.05) is 13.1 Å². The molecule has 0 spiro atoms. The Morgan fingerprint density at radius 1 is 1.32 bits per heavy atom. The number of Topliss-reactive ketones (excluding diaryl/α,β-unsaturated/α-hetero) is 1. The second-order valence-corrected chi connectivity index (χ2v) is 5.35. The summed E-state index contributed by atoms with van der Waals surface area (Å²) in [6.07, 6.45) is 0. The van der Waals surface area contributed by atoms with Crippen molar-refractivity contribution in [1.29, 1.82) is 0 Å². The Morgan fingerprint density at radius 3 is 2.79 bits per heavy atom. The molecule has 4 heteroatoms. The maximum absolute atomic E-state index is 13.1. The smallest absolute Gasteiger partial charge is 0.176 e. The molecule has 2 nitrogen and oxygen atoms in total. The van der Waals surface area contributed by atoms with E-state index in [2.05, 4.69) is 11.0 Å². The number of ketones is 1. The summed E-state index contributed by atoms with van der Waals surface area (Å²) in [7, 11) is 0. The number of benzene rings is 1. The van der Waals surface area contributed by atoms with Crippen LogP contribution in [0.4, 0.5) is 4.39 Å². The van der Waals surface area contributed by atoms with Crippen molar-refractivity contribution in [2.45, 2.75) is 13.5 Å². The Balaban J connectivity index is 2.00. The summed E-state index contributed by atoms with van der Waals surface area (Å²) in [6.45, 7) is 3.89. The minimum absolute atomic E-state index is 0.0436. The van der Waals surface area contributed by atoms with Crippen molar-refractivity contribution < 1.29 is 9.18 Å². The van der Waals surface area contributed by atoms with E-state index >= 15 is 0 Å². The quantitative estimate of drug-likeness (QED) is 0.752. The normalized spacial score (nSPS) is 10.9. The van der Waals surface area contributed by atoms with Crippen molar-refractivity contribution in [3.05, 3.63) is 58.0 Å². The molecule has 2 aromatic rings. The molecule has 0 unspecified atom stereocenters. The van der Waals surface area contributed by atoms with Crippen LogP contribution in [0.2, 0.25) is 0 Å². The SMILES string of the molecule is CCN(CC(=O)c1cccc(F)c1)Cc1cccs1. The Labute approximate surface area is 116 Å². The number of thiophene rings is 1. The number of carbonyl (C=O) groups excluding carboxylic acids is 1. The summed E-state index contributed by atoms with van der Waals surface area (Å²) in [6, 6.07) is 9.92. The highest BCUT2D eigenvalue weighted by molar-refractivity contribution is 7.09. The first-order valence-electron chi connectivity index (χ1n) is 6.22. The van der Waals surface area contributed by atoms with E-state index in [1.807, 2.05) is 18.4 Å². The van der Waals surface area contributed by atoms with Crippen LogP contribution in [0.15, 0.2) is 41.8 Å². The molecule has 0 aliphatic heterocycles. The third kappa shape index (κ3) is 3.98. The molecular weight excluding hydrogens is 261 g/mol. The fourth-order valence-electron chi connectivity index (χ4n) is 1.86. The zero-order valence-electron chi connectivity index (χ0n) is 10.8. The lowest BCUT2D eigenvalue weighted by Gasteiger charge is -2.18. The highest BCUT2D eigenvalue weighted by atomic mass is 32.1. The Bertz CT molecular complexity index is 539. The van der Waals surface area contributed by atoms with Crippen LogP contribution in [0.3, 0.4) is 0 Å². The molecule has 0 aliphatic carbocycles. The Morgan fingerprint density at radius 2 is 2.16 bits per heavy atom. The van der Waals surface area contributed by atoms with Gasteiger partial charge in [0, 0.05) is 17.0 Å². The molecule has 0 atom stereocenters. The van der Waals surface area contributed by atoms with Crippen molar-refractivity contribution in [2.24, 2.45) is 0 Å². The first-order chi connectivity index (χ1) is 9.19. The standard InChI is InChI=1S/C15H16FNOS/c1-2-17(10-14-7-4-8-19-14)11-15(18)12-5-3-6-13(16)9-12/h3-9H,2,10-11H2,1H3. The molecule has 0 fully saturated rings. The minimum Gasteiger partial charge on any atom is -0.293 e. The number of hydrogen-bond donors (Lipinski definition) is 0. The summed E-state index contributed by atoms with van der Waals surface area (Å²) in [5, 5.41) is 2.03. The molecule has 0 saturated heterocycles. The van der Waals surface area contributed by atoms with Crippen molar-refractivity contribution in [3.8, 4) is 0 Å². The lowest BCUT2D eigenvalue weighted by molar-refractivity contribution is 0.0929. The Hall–Kier alpha value is -1.52. The van der Waals surface area contributed by atoms with Gasteiger partial charge in [0.2, 0.25) is 0 Å². The number of carbonyl (C=O) groups is 1. The van der Waals surface area contributed by atoms with Gasteiger partial charge in [-0.25, -0.2) is 4.39 Å². The van der Waals surface area contributed by atoms with Crippen LogP contribution >= 0.6 is 11.3 Å². The van der Waals surface area contributed by atoms with Crippen molar-refractivity contribution in [3.63, 3.8) is 0 Å². The van der Waals surface area contributed by atoms with Gasteiger partial charge in [0.05, 0.1) is 6.54 Å². The maximum atomic E-state index is 13.1. The van der Waals surface area contributed by atoms with Crippen LogP contribution in [-0.4, -0.2) is 23.8 Å². The number of hydrogen-bond acceptors (Lipinski definition) is 3. The number of nitrogens with zero attached hydrogens (tertiary/aromatic N) is 1. The highest BCUT2D eigenvalue weighted by Crippen LogP contribution is 2.12. The molecule has 0 amide bonds. The van der Waals surface area contributed by atoms with E-state index in [-0.39, 0.29) is 11.6 Å². The van der Waals surface area contributed by atoms with Crippen LogP contribution in [0.5, 0.6) is 0 Å². The average molecular weight is 277 g/mol. The van der Waals surface area contributed by atoms with Gasteiger partial charge in [-0.15, -0.1) is 11.3 Å². The predicted octanol–water partition coefficient (Wildman–Crippen LogP) is 3.59. The van der Waals surface area contributed by atoms with Crippen LogP contribution in [0, 0.1) is 5.82 Å². The molecule has 2 rings (SSSR count). The van der Waals surface area contributed by atoms with Gasteiger partial charge in [-0.05, 0) is 30.1 Å². The van der Waals surface area contributed by atoms with Gasteiger partial charge in [-0.1, -0.05) is 25.1 Å². The van der Waals surface area contributed by atoms with Crippen LogP contribution in [0.1, 0.15) is 22.2 Å². The van der Waals surface area contributed by atoms with Crippen molar-refractivity contribution in [1.82, 2.24) is 4.90 Å². The van der Waals surface area contributed by atoms with Gasteiger partial charge in [-0.2, -0.15) is 0 Å². The average Bonchev–Trinajstić information content (AvgIpc) is 2.90. The van der Waals surface area contributed by atoms with Crippen LogP contribution < -0.4 is 0 Å². The molecule has 0 radical (unpaired) electrons. The third-order valence-electron chi connectivity index (χ3n) is 2.92. The molecule has 1 heterocycles. The fourth-order valence-corrected chi connectivity index (χ4v) is 2.60. The van der Waals surface area contributed by atoms with Gasteiger partial charge in [0.15, 0.2) is 5.78 Å². The molecule has 100 valence electrons. The predicted molar refractivity (Wildman–Crippen MR) is 76.0 cm³/mol. The molecule has 0 aliphatic rings. The molecule has 0 N–H and O–H groups in total. The van der Waals surface area contributed by atoms with Gasteiger partial charge in [0.1, 0.15) is 5.82 Å². The second kappa shape index (κ2) is 6.59. The largest absolute Gasteiger partial charge is 0.293 e. The van der Waals surface area contributed by atoms with E-state index in [0.29, 0.717) is 12.1 Å². The maximum Gasteiger partial charge on any atom is 0.176 e. The third-order valence-corrected chi connectivity index (χ3v) is 3.78. The molecule has 19 heavy (non-hydrogen) atoms. The lowest BCUT2D eigenvalue weighted by Crippen LogP contribution is -2.29. The number of likely N-dealkylation sites (N-methyl/N-ethyl adjacent to an activating group) is 1. The van der Waals surface area contributed by atoms with E-state index in [1.54, 1.807) is 23.5 Å². The molecule has 0 bridgehead atoms. The topological polar surface area (TPSA) is 20.3 Å². The van der Waals surface area contributed by atoms with Crippen molar-refractivity contribution >= 4 is 17.1 Å².